The van der Waals surface area contributed by atoms with E-state index in [-0.39, 0.29) is 0 Å². The molecule has 1 fully saturated rings. The lowest BCUT2D eigenvalue weighted by molar-refractivity contribution is 0.379. The van der Waals surface area contributed by atoms with Gasteiger partial charge in [-0.1, -0.05) is 0 Å². The molecule has 0 aromatic carbocycles. The zero-order chi connectivity index (χ0) is 9.26. The summed E-state index contributed by atoms with van der Waals surface area (Å²) in [5, 5.41) is 3.30. The average Bonchev–Trinajstić information content (AvgIpc) is 2.87. The highest BCUT2D eigenvalue weighted by atomic mass is 16.5. The highest BCUT2D eigenvalue weighted by Crippen LogP contribution is 2.24. The molecule has 1 aliphatic rings. The maximum atomic E-state index is 4.98. The van der Waals surface area contributed by atoms with Crippen molar-refractivity contribution in [3.05, 3.63) is 11.8 Å². The first-order chi connectivity index (χ1) is 6.28. The number of aromatic nitrogens is 2. The lowest BCUT2D eigenvalue weighted by Gasteiger charge is -2.05. The summed E-state index contributed by atoms with van der Waals surface area (Å²) in [5.41, 5.74) is 0.926. The van der Waals surface area contributed by atoms with Gasteiger partial charge in [-0.25, -0.2) is 4.98 Å². The van der Waals surface area contributed by atoms with Crippen LogP contribution in [0.4, 0.5) is 5.82 Å². The van der Waals surface area contributed by atoms with Gasteiger partial charge in [0.25, 0.3) is 0 Å². The fourth-order valence-electron chi connectivity index (χ4n) is 1.14. The minimum Gasteiger partial charge on any atom is -0.467 e. The van der Waals surface area contributed by atoms with Crippen LogP contribution >= 0.6 is 0 Å². The van der Waals surface area contributed by atoms with Crippen LogP contribution in [0, 0.1) is 6.92 Å². The molecule has 0 spiro atoms. The first-order valence-electron chi connectivity index (χ1n) is 4.44. The second kappa shape index (κ2) is 3.20. The van der Waals surface area contributed by atoms with E-state index in [1.54, 1.807) is 7.11 Å². The van der Waals surface area contributed by atoms with Crippen LogP contribution in [0.25, 0.3) is 0 Å². The second-order valence-electron chi connectivity index (χ2n) is 3.30. The lowest BCUT2D eigenvalue weighted by Crippen LogP contribution is -2.05. The molecule has 1 saturated carbocycles. The first-order valence-corrected chi connectivity index (χ1v) is 4.44. The Balaban J connectivity index is 2.17. The maximum absolute atomic E-state index is 4.98. The highest BCUT2D eigenvalue weighted by Gasteiger charge is 2.21. The van der Waals surface area contributed by atoms with Crippen LogP contribution in [-0.4, -0.2) is 23.1 Å². The van der Waals surface area contributed by atoms with Gasteiger partial charge in [0.1, 0.15) is 5.82 Å². The summed E-state index contributed by atoms with van der Waals surface area (Å²) in [5.74, 6) is 0.867. The van der Waals surface area contributed by atoms with Gasteiger partial charge >= 0.3 is 6.01 Å². The van der Waals surface area contributed by atoms with Gasteiger partial charge in [0.15, 0.2) is 0 Å². The van der Waals surface area contributed by atoms with Gasteiger partial charge < -0.3 is 10.1 Å². The third kappa shape index (κ3) is 2.08. The Morgan fingerprint density at radius 2 is 2.23 bits per heavy atom. The fourth-order valence-corrected chi connectivity index (χ4v) is 1.14. The van der Waals surface area contributed by atoms with Crippen LogP contribution in [-0.2, 0) is 0 Å². The van der Waals surface area contributed by atoms with Gasteiger partial charge in [0.05, 0.1) is 7.11 Å². The van der Waals surface area contributed by atoms with E-state index in [2.05, 4.69) is 15.3 Å². The molecule has 0 unspecified atom stereocenters. The summed E-state index contributed by atoms with van der Waals surface area (Å²) in [6.45, 7) is 1.93. The van der Waals surface area contributed by atoms with Crippen LogP contribution in [0.15, 0.2) is 6.07 Å². The fraction of sp³-hybridized carbons (Fsp3) is 0.556. The summed E-state index contributed by atoms with van der Waals surface area (Å²) in [7, 11) is 1.58. The van der Waals surface area contributed by atoms with Crippen molar-refractivity contribution in [3.63, 3.8) is 0 Å². The Kier molecular flexibility index (Phi) is 2.04. The van der Waals surface area contributed by atoms with E-state index in [9.17, 15) is 0 Å². The van der Waals surface area contributed by atoms with Crippen molar-refractivity contribution in [2.45, 2.75) is 25.8 Å². The number of hydrogen-bond donors (Lipinski definition) is 1. The molecule has 1 heterocycles. The maximum Gasteiger partial charge on any atom is 0.318 e. The Hall–Kier alpha value is -1.32. The molecule has 1 aromatic rings. The number of aryl methyl sites for hydroxylation is 1. The molecular formula is C9H13N3O. The SMILES string of the molecule is COc1nc(C)cc(NC2CC2)n1. The standard InChI is InChI=1S/C9H13N3O/c1-6-5-8(11-7-3-4-7)12-9(10-6)13-2/h5,7H,3-4H2,1-2H3,(H,10,11,12). The quantitative estimate of drug-likeness (QED) is 0.761. The number of ether oxygens (including phenoxy) is 1. The van der Waals surface area contributed by atoms with E-state index in [1.165, 1.54) is 12.8 Å². The Morgan fingerprint density at radius 3 is 2.85 bits per heavy atom. The number of nitrogens with one attached hydrogen (secondary N) is 1. The molecule has 1 aliphatic carbocycles. The zero-order valence-corrected chi connectivity index (χ0v) is 7.87. The minimum atomic E-state index is 0.433. The summed E-state index contributed by atoms with van der Waals surface area (Å²) < 4.78 is 4.98. The summed E-state index contributed by atoms with van der Waals surface area (Å²) in [6, 6.07) is 2.98. The molecule has 13 heavy (non-hydrogen) atoms. The van der Waals surface area contributed by atoms with Crippen molar-refractivity contribution < 1.29 is 4.74 Å². The molecule has 0 saturated heterocycles. The highest BCUT2D eigenvalue weighted by molar-refractivity contribution is 5.39. The molecule has 1 aromatic heterocycles. The zero-order valence-electron chi connectivity index (χ0n) is 7.87. The molecule has 4 heteroatoms. The van der Waals surface area contributed by atoms with Crippen LogP contribution < -0.4 is 10.1 Å². The molecule has 0 atom stereocenters. The van der Waals surface area contributed by atoms with E-state index in [1.807, 2.05) is 13.0 Å². The third-order valence-electron chi connectivity index (χ3n) is 1.95. The van der Waals surface area contributed by atoms with Gasteiger partial charge in [-0.3, -0.25) is 0 Å². The molecule has 0 aliphatic heterocycles. The van der Waals surface area contributed by atoms with Gasteiger partial charge in [0.2, 0.25) is 0 Å². The van der Waals surface area contributed by atoms with Gasteiger partial charge in [-0.2, -0.15) is 4.98 Å². The second-order valence-corrected chi connectivity index (χ2v) is 3.30. The van der Waals surface area contributed by atoms with Gasteiger partial charge in [-0.05, 0) is 19.8 Å². The third-order valence-corrected chi connectivity index (χ3v) is 1.95. The predicted octanol–water partition coefficient (Wildman–Crippen LogP) is 1.37. The van der Waals surface area contributed by atoms with Crippen LogP contribution in [0.3, 0.4) is 0 Å². The van der Waals surface area contributed by atoms with Crippen LogP contribution in [0.1, 0.15) is 18.5 Å². The van der Waals surface area contributed by atoms with E-state index in [4.69, 9.17) is 4.74 Å². The van der Waals surface area contributed by atoms with E-state index >= 15 is 0 Å². The average molecular weight is 179 g/mol. The van der Waals surface area contributed by atoms with Crippen molar-refractivity contribution in [2.75, 3.05) is 12.4 Å². The number of methoxy groups -OCH3 is 1. The van der Waals surface area contributed by atoms with Gasteiger partial charge in [0, 0.05) is 17.8 Å². The minimum absolute atomic E-state index is 0.433. The molecule has 2 rings (SSSR count). The molecule has 1 N–H and O–H groups in total. The Labute approximate surface area is 77.4 Å². The number of anilines is 1. The molecule has 4 nitrogen and oxygen atoms in total. The Bertz CT molecular complexity index is 310. The topological polar surface area (TPSA) is 47.0 Å². The largest absolute Gasteiger partial charge is 0.467 e. The van der Waals surface area contributed by atoms with Crippen molar-refractivity contribution in [1.82, 2.24) is 9.97 Å². The van der Waals surface area contributed by atoms with Crippen molar-refractivity contribution in [2.24, 2.45) is 0 Å². The van der Waals surface area contributed by atoms with Crippen molar-refractivity contribution in [1.29, 1.82) is 0 Å². The van der Waals surface area contributed by atoms with Crippen molar-refractivity contribution in [3.8, 4) is 6.01 Å². The molecular weight excluding hydrogens is 166 g/mol. The van der Waals surface area contributed by atoms with Crippen LogP contribution in [0.2, 0.25) is 0 Å². The number of nitrogens with zero attached hydrogens (tertiary/aromatic N) is 2. The molecule has 0 bridgehead atoms. The Morgan fingerprint density at radius 1 is 1.46 bits per heavy atom. The van der Waals surface area contributed by atoms with Crippen LogP contribution in [0.5, 0.6) is 6.01 Å². The molecule has 0 amide bonds. The summed E-state index contributed by atoms with van der Waals surface area (Å²) in [6.07, 6.45) is 2.48. The number of hydrogen-bond acceptors (Lipinski definition) is 4. The number of rotatable bonds is 3. The molecule has 0 radical (unpaired) electrons. The predicted molar refractivity (Wildman–Crippen MR) is 50.0 cm³/mol. The van der Waals surface area contributed by atoms with Crippen molar-refractivity contribution >= 4 is 5.82 Å². The lowest BCUT2D eigenvalue weighted by atomic mass is 10.4. The normalized spacial score (nSPS) is 15.5. The van der Waals surface area contributed by atoms with E-state index in [0.29, 0.717) is 12.1 Å². The first kappa shape index (κ1) is 8.29. The summed E-state index contributed by atoms with van der Waals surface area (Å²) >= 11 is 0. The smallest absolute Gasteiger partial charge is 0.318 e. The molecule has 70 valence electrons. The van der Waals surface area contributed by atoms with E-state index < -0.39 is 0 Å². The monoisotopic (exact) mass is 179 g/mol. The van der Waals surface area contributed by atoms with Gasteiger partial charge in [-0.15, -0.1) is 0 Å². The van der Waals surface area contributed by atoms with E-state index in [0.717, 1.165) is 11.5 Å². The summed E-state index contributed by atoms with van der Waals surface area (Å²) in [4.78, 5) is 8.29.